The van der Waals surface area contributed by atoms with Gasteiger partial charge in [0.25, 0.3) is 6.01 Å². The molecule has 4 rings (SSSR count). The number of aromatic nitrogens is 1. The van der Waals surface area contributed by atoms with Gasteiger partial charge < -0.3 is 19.5 Å². The maximum absolute atomic E-state index is 13.3. The lowest BCUT2D eigenvalue weighted by Crippen LogP contribution is -2.50. The lowest BCUT2D eigenvalue weighted by molar-refractivity contribution is -0.138. The van der Waals surface area contributed by atoms with Crippen LogP contribution in [0.4, 0.5) is 10.4 Å². The van der Waals surface area contributed by atoms with Crippen molar-refractivity contribution in [2.45, 2.75) is 32.2 Å². The standard InChI is InChI=1S/C20H27FN4O2/c1-13-12-25(19(26)14-5-8-24(2)9-6-14)10-7-16(13)22-20-23-17-11-15(21)3-4-18(17)27-20/h3-4,11,13-14,16H,5-10,12H2,1-2H3,(H,22,23). The van der Waals surface area contributed by atoms with Gasteiger partial charge in [-0.2, -0.15) is 4.98 Å². The van der Waals surface area contributed by atoms with Gasteiger partial charge in [-0.3, -0.25) is 4.79 Å². The molecule has 0 spiro atoms. The summed E-state index contributed by atoms with van der Waals surface area (Å²) in [7, 11) is 2.11. The maximum atomic E-state index is 13.3. The molecule has 3 heterocycles. The van der Waals surface area contributed by atoms with E-state index in [4.69, 9.17) is 4.42 Å². The average Bonchev–Trinajstić information content (AvgIpc) is 3.05. The zero-order valence-electron chi connectivity index (χ0n) is 15.9. The van der Waals surface area contributed by atoms with Gasteiger partial charge in [0.15, 0.2) is 5.58 Å². The first-order valence-electron chi connectivity index (χ1n) is 9.79. The van der Waals surface area contributed by atoms with Crippen LogP contribution in [0.3, 0.4) is 0 Å². The van der Waals surface area contributed by atoms with Crippen molar-refractivity contribution >= 4 is 23.0 Å². The largest absolute Gasteiger partial charge is 0.424 e. The Balaban J connectivity index is 1.36. The Hall–Kier alpha value is -2.15. The highest BCUT2D eigenvalue weighted by molar-refractivity contribution is 5.79. The molecule has 6 nitrogen and oxygen atoms in total. The van der Waals surface area contributed by atoms with Crippen LogP contribution in [0.15, 0.2) is 22.6 Å². The predicted octanol–water partition coefficient (Wildman–Crippen LogP) is 2.96. The van der Waals surface area contributed by atoms with Gasteiger partial charge in [-0.05, 0) is 57.5 Å². The number of nitrogens with zero attached hydrogens (tertiary/aromatic N) is 3. The highest BCUT2D eigenvalue weighted by Gasteiger charge is 2.33. The number of carbonyl (C=O) groups is 1. The minimum atomic E-state index is -0.323. The molecule has 2 aromatic rings. The lowest BCUT2D eigenvalue weighted by Gasteiger charge is -2.39. The van der Waals surface area contributed by atoms with Crippen molar-refractivity contribution < 1.29 is 13.6 Å². The van der Waals surface area contributed by atoms with E-state index in [2.05, 4.69) is 29.2 Å². The minimum Gasteiger partial charge on any atom is -0.424 e. The summed E-state index contributed by atoms with van der Waals surface area (Å²) in [5.41, 5.74) is 1.08. The van der Waals surface area contributed by atoms with E-state index in [1.54, 1.807) is 6.07 Å². The van der Waals surface area contributed by atoms with E-state index in [0.717, 1.165) is 45.4 Å². The molecule has 2 aliphatic heterocycles. The van der Waals surface area contributed by atoms with Crippen molar-refractivity contribution in [1.82, 2.24) is 14.8 Å². The summed E-state index contributed by atoms with van der Waals surface area (Å²) in [6.45, 7) is 5.65. The van der Waals surface area contributed by atoms with Crippen LogP contribution in [0.1, 0.15) is 26.2 Å². The molecule has 2 aliphatic rings. The summed E-state index contributed by atoms with van der Waals surface area (Å²) in [6, 6.07) is 4.94. The molecule has 2 unspecified atom stereocenters. The molecule has 2 saturated heterocycles. The molecule has 1 amide bonds. The topological polar surface area (TPSA) is 61.6 Å². The SMILES string of the molecule is CC1CN(C(=O)C2CCN(C)CC2)CCC1Nc1nc2cc(F)ccc2o1. The van der Waals surface area contributed by atoms with E-state index in [1.807, 2.05) is 4.90 Å². The maximum Gasteiger partial charge on any atom is 0.295 e. The first-order chi connectivity index (χ1) is 13.0. The summed E-state index contributed by atoms with van der Waals surface area (Å²) in [5, 5.41) is 3.34. The van der Waals surface area contributed by atoms with E-state index in [-0.39, 0.29) is 17.8 Å². The van der Waals surface area contributed by atoms with Gasteiger partial charge >= 0.3 is 0 Å². The van der Waals surface area contributed by atoms with Crippen LogP contribution in [-0.2, 0) is 4.79 Å². The third kappa shape index (κ3) is 3.93. The quantitative estimate of drug-likeness (QED) is 0.895. The fraction of sp³-hybridized carbons (Fsp3) is 0.600. The first-order valence-corrected chi connectivity index (χ1v) is 9.79. The Morgan fingerprint density at radius 1 is 1.26 bits per heavy atom. The second-order valence-electron chi connectivity index (χ2n) is 8.01. The van der Waals surface area contributed by atoms with E-state index in [1.165, 1.54) is 12.1 Å². The van der Waals surface area contributed by atoms with Crippen LogP contribution in [0.2, 0.25) is 0 Å². The van der Waals surface area contributed by atoms with Crippen molar-refractivity contribution in [3.63, 3.8) is 0 Å². The molecule has 2 atom stereocenters. The van der Waals surface area contributed by atoms with Gasteiger partial charge in [-0.1, -0.05) is 6.92 Å². The molecule has 0 radical (unpaired) electrons. The van der Waals surface area contributed by atoms with Crippen LogP contribution < -0.4 is 5.32 Å². The molecule has 146 valence electrons. The number of anilines is 1. The van der Waals surface area contributed by atoms with Crippen molar-refractivity contribution in [1.29, 1.82) is 0 Å². The smallest absolute Gasteiger partial charge is 0.295 e. The summed E-state index contributed by atoms with van der Waals surface area (Å²) >= 11 is 0. The number of carbonyl (C=O) groups excluding carboxylic acids is 1. The Kier molecular flexibility index (Phi) is 5.04. The zero-order chi connectivity index (χ0) is 19.0. The molecule has 0 aliphatic carbocycles. The number of rotatable bonds is 3. The molecular formula is C20H27FN4O2. The second-order valence-corrected chi connectivity index (χ2v) is 8.01. The number of hydrogen-bond donors (Lipinski definition) is 1. The van der Waals surface area contributed by atoms with Gasteiger partial charge in [-0.15, -0.1) is 0 Å². The zero-order valence-corrected chi connectivity index (χ0v) is 15.9. The van der Waals surface area contributed by atoms with Gasteiger partial charge in [0.2, 0.25) is 5.91 Å². The second kappa shape index (κ2) is 7.46. The number of halogens is 1. The van der Waals surface area contributed by atoms with Crippen molar-refractivity contribution in [3.8, 4) is 0 Å². The predicted molar refractivity (Wildman–Crippen MR) is 102 cm³/mol. The number of likely N-dealkylation sites (tertiary alicyclic amines) is 2. The van der Waals surface area contributed by atoms with Gasteiger partial charge in [0.1, 0.15) is 11.3 Å². The van der Waals surface area contributed by atoms with E-state index in [9.17, 15) is 9.18 Å². The Morgan fingerprint density at radius 3 is 2.78 bits per heavy atom. The number of nitrogens with one attached hydrogen (secondary N) is 1. The van der Waals surface area contributed by atoms with Crippen molar-refractivity contribution in [2.24, 2.45) is 11.8 Å². The molecule has 1 aromatic carbocycles. The number of oxazole rings is 1. The number of hydrogen-bond acceptors (Lipinski definition) is 5. The summed E-state index contributed by atoms with van der Waals surface area (Å²) < 4.78 is 19.0. The molecule has 7 heteroatoms. The molecule has 2 fully saturated rings. The summed E-state index contributed by atoms with van der Waals surface area (Å²) in [6.07, 6.45) is 2.77. The van der Waals surface area contributed by atoms with Crippen LogP contribution in [0.5, 0.6) is 0 Å². The summed E-state index contributed by atoms with van der Waals surface area (Å²) in [5.74, 6) is 0.452. The van der Waals surface area contributed by atoms with Crippen LogP contribution in [0.25, 0.3) is 11.1 Å². The highest BCUT2D eigenvalue weighted by atomic mass is 19.1. The monoisotopic (exact) mass is 374 g/mol. The summed E-state index contributed by atoms with van der Waals surface area (Å²) in [4.78, 5) is 21.5. The number of amides is 1. The fourth-order valence-electron chi connectivity index (χ4n) is 4.19. The first kappa shape index (κ1) is 18.2. The fourth-order valence-corrected chi connectivity index (χ4v) is 4.19. The van der Waals surface area contributed by atoms with E-state index >= 15 is 0 Å². The van der Waals surface area contributed by atoms with Crippen LogP contribution >= 0.6 is 0 Å². The van der Waals surface area contributed by atoms with Crippen LogP contribution in [-0.4, -0.2) is 60.0 Å². The Labute approximate surface area is 158 Å². The van der Waals surface area contributed by atoms with Gasteiger partial charge in [-0.25, -0.2) is 4.39 Å². The number of fused-ring (bicyclic) bond motifs is 1. The lowest BCUT2D eigenvalue weighted by atomic mass is 9.90. The normalized spacial score (nSPS) is 25.1. The average molecular weight is 374 g/mol. The molecule has 1 N–H and O–H groups in total. The van der Waals surface area contributed by atoms with Crippen molar-refractivity contribution in [3.05, 3.63) is 24.0 Å². The number of piperidine rings is 2. The molecule has 27 heavy (non-hydrogen) atoms. The Morgan fingerprint density at radius 2 is 2.04 bits per heavy atom. The van der Waals surface area contributed by atoms with Crippen molar-refractivity contribution in [2.75, 3.05) is 38.5 Å². The van der Waals surface area contributed by atoms with E-state index in [0.29, 0.717) is 28.9 Å². The van der Waals surface area contributed by atoms with Gasteiger partial charge in [0, 0.05) is 31.1 Å². The van der Waals surface area contributed by atoms with Crippen LogP contribution in [0, 0.1) is 17.7 Å². The molecule has 1 aromatic heterocycles. The minimum absolute atomic E-state index is 0.171. The third-order valence-electron chi connectivity index (χ3n) is 5.94. The molecular weight excluding hydrogens is 347 g/mol. The number of benzene rings is 1. The highest BCUT2D eigenvalue weighted by Crippen LogP contribution is 2.27. The third-order valence-corrected chi connectivity index (χ3v) is 5.94. The van der Waals surface area contributed by atoms with E-state index < -0.39 is 0 Å². The molecule has 0 saturated carbocycles. The molecule has 0 bridgehead atoms. The Bertz CT molecular complexity index is 815. The van der Waals surface area contributed by atoms with Gasteiger partial charge in [0.05, 0.1) is 0 Å².